The summed E-state index contributed by atoms with van der Waals surface area (Å²) in [6.45, 7) is 7.06. The molecule has 2 aromatic rings. The first-order valence-electron chi connectivity index (χ1n) is 7.17. The fourth-order valence-electron chi connectivity index (χ4n) is 2.09. The van der Waals surface area contributed by atoms with Gasteiger partial charge in [0.05, 0.1) is 11.7 Å². The van der Waals surface area contributed by atoms with Crippen molar-refractivity contribution in [2.45, 2.75) is 39.2 Å². The van der Waals surface area contributed by atoms with E-state index >= 15 is 0 Å². The lowest BCUT2D eigenvalue weighted by Gasteiger charge is -2.18. The monoisotopic (exact) mass is 326 g/mol. The van der Waals surface area contributed by atoms with E-state index in [4.69, 9.17) is 11.6 Å². The van der Waals surface area contributed by atoms with Crippen molar-refractivity contribution in [2.24, 2.45) is 0 Å². The van der Waals surface area contributed by atoms with Crippen molar-refractivity contribution in [1.29, 1.82) is 0 Å². The Bertz CT molecular complexity index is 577. The van der Waals surface area contributed by atoms with E-state index in [0.29, 0.717) is 16.5 Å². The van der Waals surface area contributed by atoms with Crippen LogP contribution in [0.3, 0.4) is 0 Å². The Kier molecular flexibility index (Phi) is 5.73. The predicted octanol–water partition coefficient (Wildman–Crippen LogP) is 5.15. The standard InChI is InChI=1S/C16H20ClFN2S/c1-4-8-19-15(14-11(17)6-5-7-12(14)18)16-20-13(9-21-16)10(2)3/h5-7,9-10,15,19H,4,8H2,1-3H3. The third kappa shape index (κ3) is 3.82. The molecular weight excluding hydrogens is 307 g/mol. The van der Waals surface area contributed by atoms with Crippen LogP contribution in [0, 0.1) is 5.82 Å². The Labute approximate surface area is 134 Å². The van der Waals surface area contributed by atoms with Crippen LogP contribution in [0.2, 0.25) is 5.02 Å². The third-order valence-corrected chi connectivity index (χ3v) is 4.52. The Morgan fingerprint density at radius 3 is 2.71 bits per heavy atom. The largest absolute Gasteiger partial charge is 0.304 e. The van der Waals surface area contributed by atoms with Crippen LogP contribution in [0.15, 0.2) is 23.6 Å². The minimum absolute atomic E-state index is 0.294. The second kappa shape index (κ2) is 7.34. The van der Waals surface area contributed by atoms with Crippen molar-refractivity contribution in [2.75, 3.05) is 6.54 Å². The maximum Gasteiger partial charge on any atom is 0.129 e. The second-order valence-electron chi connectivity index (χ2n) is 5.29. The van der Waals surface area contributed by atoms with Gasteiger partial charge in [0.1, 0.15) is 10.8 Å². The lowest BCUT2D eigenvalue weighted by molar-refractivity contribution is 0.544. The Hall–Kier alpha value is -0.970. The minimum Gasteiger partial charge on any atom is -0.304 e. The molecule has 0 spiro atoms. The number of aromatic nitrogens is 1. The summed E-state index contributed by atoms with van der Waals surface area (Å²) >= 11 is 7.77. The van der Waals surface area contributed by atoms with Crippen LogP contribution < -0.4 is 5.32 Å². The molecule has 1 unspecified atom stereocenters. The fourth-order valence-corrected chi connectivity index (χ4v) is 3.42. The van der Waals surface area contributed by atoms with Crippen LogP contribution in [0.25, 0.3) is 0 Å². The zero-order chi connectivity index (χ0) is 15.4. The maximum atomic E-state index is 14.2. The summed E-state index contributed by atoms with van der Waals surface area (Å²) in [6.07, 6.45) is 0.963. The van der Waals surface area contributed by atoms with E-state index in [1.807, 2.05) is 5.38 Å². The van der Waals surface area contributed by atoms with Gasteiger partial charge in [-0.3, -0.25) is 0 Å². The van der Waals surface area contributed by atoms with Gasteiger partial charge in [0.2, 0.25) is 0 Å². The molecule has 0 saturated carbocycles. The van der Waals surface area contributed by atoms with E-state index in [0.717, 1.165) is 23.7 Å². The van der Waals surface area contributed by atoms with E-state index in [-0.39, 0.29) is 11.9 Å². The third-order valence-electron chi connectivity index (χ3n) is 3.27. The van der Waals surface area contributed by atoms with Crippen LogP contribution in [0.5, 0.6) is 0 Å². The molecule has 0 aliphatic heterocycles. The highest BCUT2D eigenvalue weighted by Gasteiger charge is 2.23. The maximum absolute atomic E-state index is 14.2. The fraction of sp³-hybridized carbons (Fsp3) is 0.438. The van der Waals surface area contributed by atoms with Crippen LogP contribution in [-0.4, -0.2) is 11.5 Å². The quantitative estimate of drug-likeness (QED) is 0.794. The molecule has 0 aliphatic carbocycles. The van der Waals surface area contributed by atoms with E-state index < -0.39 is 0 Å². The highest BCUT2D eigenvalue weighted by Crippen LogP contribution is 2.33. The molecule has 0 fully saturated rings. The molecule has 21 heavy (non-hydrogen) atoms. The molecule has 1 heterocycles. The average Bonchev–Trinajstić information content (AvgIpc) is 2.91. The van der Waals surface area contributed by atoms with E-state index in [1.165, 1.54) is 6.07 Å². The first-order valence-corrected chi connectivity index (χ1v) is 8.43. The molecule has 0 radical (unpaired) electrons. The van der Waals surface area contributed by atoms with Crippen molar-refractivity contribution in [3.63, 3.8) is 0 Å². The van der Waals surface area contributed by atoms with E-state index in [2.05, 4.69) is 31.1 Å². The summed E-state index contributed by atoms with van der Waals surface area (Å²) in [5.74, 6) is 0.0651. The number of thiazole rings is 1. The lowest BCUT2D eigenvalue weighted by Crippen LogP contribution is -2.24. The van der Waals surface area contributed by atoms with Gasteiger partial charge in [-0.05, 0) is 31.0 Å². The first kappa shape index (κ1) is 16.4. The van der Waals surface area contributed by atoms with Gasteiger partial charge < -0.3 is 5.32 Å². The molecule has 0 amide bonds. The molecule has 0 aliphatic rings. The zero-order valence-electron chi connectivity index (χ0n) is 12.5. The van der Waals surface area contributed by atoms with Crippen LogP contribution in [-0.2, 0) is 0 Å². The van der Waals surface area contributed by atoms with Gasteiger partial charge in [-0.25, -0.2) is 9.37 Å². The molecule has 1 aromatic carbocycles. The Balaban J connectivity index is 2.42. The summed E-state index contributed by atoms with van der Waals surface area (Å²) in [5.41, 5.74) is 1.52. The Morgan fingerprint density at radius 2 is 2.14 bits per heavy atom. The van der Waals surface area contributed by atoms with Crippen molar-refractivity contribution in [3.05, 3.63) is 50.7 Å². The number of nitrogens with one attached hydrogen (secondary N) is 1. The highest BCUT2D eigenvalue weighted by atomic mass is 35.5. The van der Waals surface area contributed by atoms with E-state index in [1.54, 1.807) is 23.5 Å². The number of rotatable bonds is 6. The van der Waals surface area contributed by atoms with Crippen LogP contribution in [0.4, 0.5) is 4.39 Å². The van der Waals surface area contributed by atoms with Gasteiger partial charge in [-0.2, -0.15) is 0 Å². The van der Waals surface area contributed by atoms with Crippen LogP contribution in [0.1, 0.15) is 55.4 Å². The van der Waals surface area contributed by atoms with Gasteiger partial charge >= 0.3 is 0 Å². The highest BCUT2D eigenvalue weighted by molar-refractivity contribution is 7.09. The number of hydrogen-bond acceptors (Lipinski definition) is 3. The molecule has 1 atom stereocenters. The molecule has 2 rings (SSSR count). The van der Waals surface area contributed by atoms with Gasteiger partial charge in [0.15, 0.2) is 0 Å². The van der Waals surface area contributed by atoms with Crippen molar-refractivity contribution >= 4 is 22.9 Å². The molecule has 1 N–H and O–H groups in total. The molecule has 5 heteroatoms. The molecule has 1 aromatic heterocycles. The number of nitrogens with zero attached hydrogens (tertiary/aromatic N) is 1. The second-order valence-corrected chi connectivity index (χ2v) is 6.58. The van der Waals surface area contributed by atoms with Crippen molar-refractivity contribution in [3.8, 4) is 0 Å². The van der Waals surface area contributed by atoms with Crippen molar-refractivity contribution < 1.29 is 4.39 Å². The number of benzene rings is 1. The molecule has 0 saturated heterocycles. The summed E-state index contributed by atoms with van der Waals surface area (Å²) in [5, 5.41) is 6.69. The number of hydrogen-bond donors (Lipinski definition) is 1. The predicted molar refractivity (Wildman–Crippen MR) is 87.7 cm³/mol. The number of halogens is 2. The average molecular weight is 327 g/mol. The van der Waals surface area contributed by atoms with Gasteiger partial charge in [0.25, 0.3) is 0 Å². The van der Waals surface area contributed by atoms with Gasteiger partial charge in [-0.1, -0.05) is 38.4 Å². The minimum atomic E-state index is -0.295. The normalized spacial score (nSPS) is 12.9. The first-order chi connectivity index (χ1) is 10.0. The van der Waals surface area contributed by atoms with E-state index in [9.17, 15) is 4.39 Å². The topological polar surface area (TPSA) is 24.9 Å². The van der Waals surface area contributed by atoms with Gasteiger partial charge in [-0.15, -0.1) is 11.3 Å². The smallest absolute Gasteiger partial charge is 0.129 e. The Morgan fingerprint density at radius 1 is 1.38 bits per heavy atom. The molecule has 114 valence electrons. The van der Waals surface area contributed by atoms with Crippen LogP contribution >= 0.6 is 22.9 Å². The summed E-state index contributed by atoms with van der Waals surface area (Å²) in [7, 11) is 0. The zero-order valence-corrected chi connectivity index (χ0v) is 14.1. The molecule has 0 bridgehead atoms. The summed E-state index contributed by atoms with van der Waals surface area (Å²) < 4.78 is 14.2. The summed E-state index contributed by atoms with van der Waals surface area (Å²) in [4.78, 5) is 4.65. The lowest BCUT2D eigenvalue weighted by atomic mass is 10.1. The SMILES string of the molecule is CCCNC(c1nc(C(C)C)cs1)c1c(F)cccc1Cl. The van der Waals surface area contributed by atoms with Gasteiger partial charge in [0, 0.05) is 16.0 Å². The summed E-state index contributed by atoms with van der Waals surface area (Å²) in [6, 6.07) is 4.49. The van der Waals surface area contributed by atoms with Crippen molar-refractivity contribution in [1.82, 2.24) is 10.3 Å². The molecule has 2 nitrogen and oxygen atoms in total. The molecular formula is C16H20ClFN2S.